The molecule has 3 nitrogen and oxygen atoms in total. The topological polar surface area (TPSA) is 52.5 Å². The molecule has 9 aromatic rings. The smallest absolute Gasteiger partial charge is 0.101 e. The number of aromatic nitrogens is 1. The van der Waals surface area contributed by atoms with Gasteiger partial charge in [-0.15, -0.1) is 0 Å². The minimum atomic E-state index is 0.577. The van der Waals surface area contributed by atoms with Gasteiger partial charge in [-0.25, -0.2) is 0 Å². The number of nitrogens with zero attached hydrogens (tertiary/aromatic N) is 3. The minimum Gasteiger partial charge on any atom is -0.307 e. The lowest BCUT2D eigenvalue weighted by atomic mass is 9.83. The molecule has 0 aliphatic heterocycles. The summed E-state index contributed by atoms with van der Waals surface area (Å²) in [4.78, 5) is 0. The van der Waals surface area contributed by atoms with E-state index in [0.717, 1.165) is 76.9 Å². The third-order valence-electron chi connectivity index (χ3n) is 9.66. The number of rotatable bonds is 4. The first-order valence-electron chi connectivity index (χ1n) is 16.3. The quantitative estimate of drug-likeness (QED) is 0.184. The SMILES string of the molecule is N#Cc1ccc(-c2cccc(C#N)c2-n2c3ccccc3c3ccccc32)c(-c2c3ccccc3c(-c3ccccc3)c3ccccc23)c1. The van der Waals surface area contributed by atoms with Crippen LogP contribution in [0.3, 0.4) is 0 Å². The average Bonchev–Trinajstić information content (AvgIpc) is 3.50. The summed E-state index contributed by atoms with van der Waals surface area (Å²) >= 11 is 0. The van der Waals surface area contributed by atoms with Crippen molar-refractivity contribution >= 4 is 43.4 Å². The molecule has 0 saturated heterocycles. The van der Waals surface area contributed by atoms with Crippen LogP contribution in [0.25, 0.3) is 82.4 Å². The molecule has 0 N–H and O–H groups in total. The van der Waals surface area contributed by atoms with Crippen LogP contribution >= 0.6 is 0 Å². The van der Waals surface area contributed by atoms with E-state index in [-0.39, 0.29) is 0 Å². The summed E-state index contributed by atoms with van der Waals surface area (Å²) in [7, 11) is 0. The molecular formula is C46H27N3. The Kier molecular flexibility index (Phi) is 6.58. The van der Waals surface area contributed by atoms with Crippen LogP contribution in [0, 0.1) is 22.7 Å². The standard InChI is InChI=1S/C46H27N3/c47-28-30-25-26-33(40-22-12-15-32(29-48)46(40)49-42-23-10-8-16-34(42)35-17-9-11-24-43(35)49)41(27-30)45-38-20-6-4-18-36(38)44(31-13-2-1-3-14-31)37-19-5-7-21-39(37)45/h1-27H. The fourth-order valence-electron chi connectivity index (χ4n) is 7.65. The fraction of sp³-hybridized carbons (Fsp3) is 0. The molecule has 0 aliphatic carbocycles. The molecule has 0 aliphatic rings. The first kappa shape index (κ1) is 28.3. The maximum absolute atomic E-state index is 10.6. The molecule has 0 saturated carbocycles. The summed E-state index contributed by atoms with van der Waals surface area (Å²) < 4.78 is 2.23. The number of para-hydroxylation sites is 3. The molecule has 0 bridgehead atoms. The average molecular weight is 622 g/mol. The van der Waals surface area contributed by atoms with Gasteiger partial charge in [-0.3, -0.25) is 0 Å². The first-order chi connectivity index (χ1) is 24.3. The highest BCUT2D eigenvalue weighted by Crippen LogP contribution is 2.48. The first-order valence-corrected chi connectivity index (χ1v) is 16.3. The molecule has 0 atom stereocenters. The Labute approximate surface area is 283 Å². The monoisotopic (exact) mass is 621 g/mol. The van der Waals surface area contributed by atoms with Gasteiger partial charge < -0.3 is 4.57 Å². The summed E-state index contributed by atoms with van der Waals surface area (Å²) in [6, 6.07) is 61.2. The van der Waals surface area contributed by atoms with Crippen LogP contribution in [0.4, 0.5) is 0 Å². The van der Waals surface area contributed by atoms with Gasteiger partial charge in [0.15, 0.2) is 0 Å². The number of fused-ring (bicyclic) bond motifs is 5. The molecule has 49 heavy (non-hydrogen) atoms. The maximum atomic E-state index is 10.6. The predicted molar refractivity (Wildman–Crippen MR) is 202 cm³/mol. The van der Waals surface area contributed by atoms with Crippen LogP contribution in [-0.2, 0) is 0 Å². The highest BCUT2D eigenvalue weighted by Gasteiger charge is 2.23. The van der Waals surface area contributed by atoms with E-state index < -0.39 is 0 Å². The van der Waals surface area contributed by atoms with Crippen molar-refractivity contribution in [2.45, 2.75) is 0 Å². The molecular weight excluding hydrogens is 595 g/mol. The highest BCUT2D eigenvalue weighted by molar-refractivity contribution is 6.22. The van der Waals surface area contributed by atoms with Crippen LogP contribution in [-0.4, -0.2) is 4.57 Å². The zero-order chi connectivity index (χ0) is 32.9. The fourth-order valence-corrected chi connectivity index (χ4v) is 7.65. The Morgan fingerprint density at radius 3 is 1.49 bits per heavy atom. The minimum absolute atomic E-state index is 0.577. The van der Waals surface area contributed by atoms with E-state index in [4.69, 9.17) is 0 Å². The van der Waals surface area contributed by atoms with Crippen molar-refractivity contribution in [3.05, 3.63) is 175 Å². The van der Waals surface area contributed by atoms with E-state index >= 15 is 0 Å². The van der Waals surface area contributed by atoms with Gasteiger partial charge in [-0.05, 0) is 79.7 Å². The third kappa shape index (κ3) is 4.35. The van der Waals surface area contributed by atoms with Crippen molar-refractivity contribution in [3.63, 3.8) is 0 Å². The van der Waals surface area contributed by atoms with Crippen molar-refractivity contribution in [1.82, 2.24) is 4.57 Å². The van der Waals surface area contributed by atoms with E-state index in [0.29, 0.717) is 11.1 Å². The molecule has 226 valence electrons. The van der Waals surface area contributed by atoms with Crippen molar-refractivity contribution in [1.29, 1.82) is 10.5 Å². The Bertz CT molecular complexity index is 2740. The zero-order valence-electron chi connectivity index (χ0n) is 26.4. The van der Waals surface area contributed by atoms with E-state index in [1.165, 1.54) is 5.56 Å². The lowest BCUT2D eigenvalue weighted by Gasteiger charge is -2.22. The molecule has 8 aromatic carbocycles. The van der Waals surface area contributed by atoms with Crippen LogP contribution in [0.15, 0.2) is 164 Å². The number of hydrogen-bond donors (Lipinski definition) is 0. The number of benzene rings is 8. The summed E-state index contributed by atoms with van der Waals surface area (Å²) in [5.41, 5.74) is 10.3. The van der Waals surface area contributed by atoms with Gasteiger partial charge in [-0.1, -0.05) is 133 Å². The molecule has 3 heteroatoms. The Balaban J connectivity index is 1.44. The van der Waals surface area contributed by atoms with Gasteiger partial charge in [0, 0.05) is 16.3 Å². The molecule has 9 rings (SSSR count). The van der Waals surface area contributed by atoms with Gasteiger partial charge >= 0.3 is 0 Å². The number of nitriles is 2. The van der Waals surface area contributed by atoms with Gasteiger partial charge in [0.2, 0.25) is 0 Å². The van der Waals surface area contributed by atoms with Gasteiger partial charge in [0.25, 0.3) is 0 Å². The largest absolute Gasteiger partial charge is 0.307 e. The van der Waals surface area contributed by atoms with E-state index in [2.05, 4.69) is 138 Å². The molecule has 1 heterocycles. The van der Waals surface area contributed by atoms with Crippen molar-refractivity contribution < 1.29 is 0 Å². The van der Waals surface area contributed by atoms with Crippen molar-refractivity contribution in [2.75, 3.05) is 0 Å². The number of hydrogen-bond acceptors (Lipinski definition) is 2. The Morgan fingerprint density at radius 1 is 0.388 bits per heavy atom. The molecule has 1 aromatic heterocycles. The molecule has 0 unspecified atom stereocenters. The summed E-state index contributed by atoms with van der Waals surface area (Å²) in [5, 5.41) is 27.6. The molecule has 0 spiro atoms. The third-order valence-corrected chi connectivity index (χ3v) is 9.66. The van der Waals surface area contributed by atoms with Crippen LogP contribution in [0.2, 0.25) is 0 Å². The maximum Gasteiger partial charge on any atom is 0.101 e. The lowest BCUT2D eigenvalue weighted by Crippen LogP contribution is -2.02. The van der Waals surface area contributed by atoms with Gasteiger partial charge in [-0.2, -0.15) is 10.5 Å². The lowest BCUT2D eigenvalue weighted by molar-refractivity contribution is 1.17. The van der Waals surface area contributed by atoms with E-state index in [9.17, 15) is 10.5 Å². The van der Waals surface area contributed by atoms with Crippen LogP contribution in [0.1, 0.15) is 11.1 Å². The van der Waals surface area contributed by atoms with Gasteiger partial charge in [0.1, 0.15) is 6.07 Å². The molecule has 0 fully saturated rings. The van der Waals surface area contributed by atoms with E-state index in [1.54, 1.807) is 0 Å². The summed E-state index contributed by atoms with van der Waals surface area (Å²) in [6.07, 6.45) is 0. The second-order valence-corrected chi connectivity index (χ2v) is 12.3. The normalized spacial score (nSPS) is 11.2. The summed E-state index contributed by atoms with van der Waals surface area (Å²) in [5.74, 6) is 0. The van der Waals surface area contributed by atoms with E-state index in [1.807, 2.05) is 42.5 Å². The predicted octanol–water partition coefficient (Wildman–Crippen LogP) is 11.8. The van der Waals surface area contributed by atoms with Crippen LogP contribution < -0.4 is 0 Å². The summed E-state index contributed by atoms with van der Waals surface area (Å²) in [6.45, 7) is 0. The second-order valence-electron chi connectivity index (χ2n) is 12.3. The van der Waals surface area contributed by atoms with Crippen LogP contribution in [0.5, 0.6) is 0 Å². The van der Waals surface area contributed by atoms with Crippen molar-refractivity contribution in [3.8, 4) is 51.2 Å². The molecule has 0 amide bonds. The zero-order valence-corrected chi connectivity index (χ0v) is 26.4. The Morgan fingerprint density at radius 2 is 0.918 bits per heavy atom. The van der Waals surface area contributed by atoms with Crippen molar-refractivity contribution in [2.24, 2.45) is 0 Å². The second kappa shape index (κ2) is 11.4. The Hall–Kier alpha value is -6.94. The highest BCUT2D eigenvalue weighted by atomic mass is 15.0. The van der Waals surface area contributed by atoms with Gasteiger partial charge in [0.05, 0.1) is 33.9 Å². The molecule has 0 radical (unpaired) electrons.